The summed E-state index contributed by atoms with van der Waals surface area (Å²) in [5.41, 5.74) is 3.23. The monoisotopic (exact) mass is 431 g/mol. The highest BCUT2D eigenvalue weighted by Gasteiger charge is 2.52. The number of benzene rings is 2. The van der Waals surface area contributed by atoms with Gasteiger partial charge in [0.25, 0.3) is 0 Å². The van der Waals surface area contributed by atoms with E-state index < -0.39 is 33.6 Å². The summed E-state index contributed by atoms with van der Waals surface area (Å²) in [5.74, 6) is 0. The standard InChI is InChI=1S/C24H33NO4S/c1-15-9-11-19(12-10-15)20(22-28-23(5,6)24(7,8)29-22)25-30(26,27)21-17(3)13-16(2)14-18(21)4/h9-14,20,22,25H,1-8H3/t20-/m1/s1. The first-order chi connectivity index (χ1) is 13.7. The van der Waals surface area contributed by atoms with E-state index in [9.17, 15) is 8.42 Å². The summed E-state index contributed by atoms with van der Waals surface area (Å²) in [4.78, 5) is 0.307. The Bertz CT molecular complexity index is 1000. The zero-order chi connectivity index (χ0) is 22.5. The van der Waals surface area contributed by atoms with Crippen LogP contribution in [0.15, 0.2) is 41.3 Å². The summed E-state index contributed by atoms with van der Waals surface area (Å²) in [5, 5.41) is 0. The molecule has 0 unspecified atom stereocenters. The second kappa shape index (κ2) is 7.75. The minimum Gasteiger partial charge on any atom is -0.342 e. The van der Waals surface area contributed by atoms with Gasteiger partial charge in [-0.2, -0.15) is 4.72 Å². The molecule has 0 spiro atoms. The Kier molecular flexibility index (Phi) is 5.93. The smallest absolute Gasteiger partial charge is 0.241 e. The molecule has 0 saturated carbocycles. The summed E-state index contributed by atoms with van der Waals surface area (Å²) in [7, 11) is -3.82. The number of nitrogens with one attached hydrogen (secondary N) is 1. The predicted molar refractivity (Wildman–Crippen MR) is 119 cm³/mol. The van der Waals surface area contributed by atoms with E-state index >= 15 is 0 Å². The number of rotatable bonds is 5. The highest BCUT2D eigenvalue weighted by molar-refractivity contribution is 7.89. The first kappa shape index (κ1) is 22.9. The molecule has 0 radical (unpaired) electrons. The minimum atomic E-state index is -3.82. The molecule has 6 heteroatoms. The van der Waals surface area contributed by atoms with Gasteiger partial charge in [0, 0.05) is 0 Å². The maximum atomic E-state index is 13.5. The Hall–Kier alpha value is -1.73. The van der Waals surface area contributed by atoms with Crippen molar-refractivity contribution in [2.24, 2.45) is 0 Å². The Labute approximate surface area is 180 Å². The second-order valence-corrected chi connectivity index (χ2v) is 11.0. The third-order valence-corrected chi connectivity index (χ3v) is 7.88. The highest BCUT2D eigenvalue weighted by Crippen LogP contribution is 2.42. The molecule has 2 aromatic carbocycles. The zero-order valence-electron chi connectivity index (χ0n) is 19.2. The lowest BCUT2D eigenvalue weighted by Crippen LogP contribution is -2.41. The zero-order valence-corrected chi connectivity index (χ0v) is 20.0. The van der Waals surface area contributed by atoms with Gasteiger partial charge in [-0.15, -0.1) is 0 Å². The molecule has 0 bridgehead atoms. The molecule has 3 rings (SSSR count). The molecule has 0 aromatic heterocycles. The van der Waals surface area contributed by atoms with Gasteiger partial charge in [-0.05, 0) is 72.1 Å². The lowest BCUT2D eigenvalue weighted by Gasteiger charge is -2.30. The molecule has 1 aliphatic heterocycles. The van der Waals surface area contributed by atoms with Crippen LogP contribution in [-0.4, -0.2) is 25.9 Å². The van der Waals surface area contributed by atoms with Gasteiger partial charge in [0.1, 0.15) is 0 Å². The summed E-state index contributed by atoms with van der Waals surface area (Å²) in [6.45, 7) is 15.4. The highest BCUT2D eigenvalue weighted by atomic mass is 32.2. The Morgan fingerprint density at radius 3 is 1.77 bits per heavy atom. The van der Waals surface area contributed by atoms with Gasteiger partial charge >= 0.3 is 0 Å². The van der Waals surface area contributed by atoms with E-state index in [0.717, 1.165) is 27.8 Å². The molecule has 2 aromatic rings. The van der Waals surface area contributed by atoms with Crippen LogP contribution in [-0.2, 0) is 19.5 Å². The van der Waals surface area contributed by atoms with Crippen LogP contribution in [0.4, 0.5) is 0 Å². The fraction of sp³-hybridized carbons (Fsp3) is 0.500. The van der Waals surface area contributed by atoms with Crippen molar-refractivity contribution in [2.45, 2.75) is 83.8 Å². The fourth-order valence-corrected chi connectivity index (χ4v) is 5.56. The fourth-order valence-electron chi connectivity index (χ4n) is 3.90. The van der Waals surface area contributed by atoms with E-state index in [1.807, 2.05) is 91.8 Å². The Balaban J connectivity index is 2.05. The molecule has 30 heavy (non-hydrogen) atoms. The summed E-state index contributed by atoms with van der Waals surface area (Å²) >= 11 is 0. The Morgan fingerprint density at radius 2 is 1.30 bits per heavy atom. The van der Waals surface area contributed by atoms with E-state index in [1.165, 1.54) is 0 Å². The lowest BCUT2D eigenvalue weighted by molar-refractivity contribution is -0.105. The van der Waals surface area contributed by atoms with Crippen LogP contribution in [0.2, 0.25) is 0 Å². The van der Waals surface area contributed by atoms with Gasteiger partial charge in [0.05, 0.1) is 22.1 Å². The number of sulfonamides is 1. The maximum absolute atomic E-state index is 13.5. The molecular weight excluding hydrogens is 398 g/mol. The summed E-state index contributed by atoms with van der Waals surface area (Å²) in [6.07, 6.45) is -0.751. The number of aryl methyl sites for hydroxylation is 4. The molecule has 1 N–H and O–H groups in total. The average Bonchev–Trinajstić information content (AvgIpc) is 2.80. The van der Waals surface area contributed by atoms with Crippen molar-refractivity contribution in [1.29, 1.82) is 0 Å². The van der Waals surface area contributed by atoms with Crippen molar-refractivity contribution in [3.05, 3.63) is 64.2 Å². The third-order valence-electron chi connectivity index (χ3n) is 6.14. The van der Waals surface area contributed by atoms with Crippen molar-refractivity contribution in [3.8, 4) is 0 Å². The van der Waals surface area contributed by atoms with Crippen molar-refractivity contribution < 1.29 is 17.9 Å². The molecule has 164 valence electrons. The molecule has 0 amide bonds. The maximum Gasteiger partial charge on any atom is 0.241 e. The summed E-state index contributed by atoms with van der Waals surface area (Å²) in [6, 6.07) is 10.9. The molecule has 5 nitrogen and oxygen atoms in total. The van der Waals surface area contributed by atoms with E-state index in [4.69, 9.17) is 9.47 Å². The predicted octanol–water partition coefficient (Wildman–Crippen LogP) is 4.87. The van der Waals surface area contributed by atoms with E-state index in [-0.39, 0.29) is 0 Å². The second-order valence-electron chi connectivity index (χ2n) is 9.36. The molecule has 1 saturated heterocycles. The van der Waals surface area contributed by atoms with Crippen LogP contribution in [0.25, 0.3) is 0 Å². The number of hydrogen-bond donors (Lipinski definition) is 1. The van der Waals surface area contributed by atoms with Gasteiger partial charge in [-0.25, -0.2) is 8.42 Å². The number of ether oxygens (including phenoxy) is 2. The molecule has 1 atom stereocenters. The van der Waals surface area contributed by atoms with E-state index in [0.29, 0.717) is 4.90 Å². The molecule has 1 aliphatic rings. The Morgan fingerprint density at radius 1 is 0.833 bits per heavy atom. The molecule has 1 heterocycles. The van der Waals surface area contributed by atoms with Crippen LogP contribution < -0.4 is 4.72 Å². The molecular formula is C24H33NO4S. The lowest BCUT2D eigenvalue weighted by atomic mass is 9.90. The van der Waals surface area contributed by atoms with Crippen molar-refractivity contribution in [2.75, 3.05) is 0 Å². The normalized spacial score (nSPS) is 19.7. The van der Waals surface area contributed by atoms with Crippen LogP contribution >= 0.6 is 0 Å². The first-order valence-electron chi connectivity index (χ1n) is 10.3. The van der Waals surface area contributed by atoms with Gasteiger partial charge in [0.15, 0.2) is 6.29 Å². The van der Waals surface area contributed by atoms with Gasteiger partial charge in [-0.1, -0.05) is 47.5 Å². The van der Waals surface area contributed by atoms with Gasteiger partial charge in [-0.3, -0.25) is 0 Å². The molecule has 1 fully saturated rings. The quantitative estimate of drug-likeness (QED) is 0.734. The van der Waals surface area contributed by atoms with Crippen LogP contribution in [0, 0.1) is 27.7 Å². The molecule has 0 aliphatic carbocycles. The average molecular weight is 432 g/mol. The van der Waals surface area contributed by atoms with Crippen LogP contribution in [0.1, 0.15) is 61.6 Å². The SMILES string of the molecule is Cc1ccc([C@@H](NS(=O)(=O)c2c(C)cc(C)cc2C)C2OC(C)(C)C(C)(C)O2)cc1. The van der Waals surface area contributed by atoms with Crippen molar-refractivity contribution >= 4 is 10.0 Å². The number of hydrogen-bond acceptors (Lipinski definition) is 4. The van der Waals surface area contributed by atoms with E-state index in [2.05, 4.69) is 4.72 Å². The topological polar surface area (TPSA) is 64.6 Å². The van der Waals surface area contributed by atoms with Crippen molar-refractivity contribution in [1.82, 2.24) is 4.72 Å². The van der Waals surface area contributed by atoms with E-state index in [1.54, 1.807) is 0 Å². The minimum absolute atomic E-state index is 0.307. The first-order valence-corrected chi connectivity index (χ1v) is 11.7. The van der Waals surface area contributed by atoms with Crippen LogP contribution in [0.5, 0.6) is 0 Å². The van der Waals surface area contributed by atoms with Gasteiger partial charge in [0.2, 0.25) is 10.0 Å². The largest absolute Gasteiger partial charge is 0.342 e. The third kappa shape index (κ3) is 4.33. The van der Waals surface area contributed by atoms with Crippen LogP contribution in [0.3, 0.4) is 0 Å². The van der Waals surface area contributed by atoms with Gasteiger partial charge < -0.3 is 9.47 Å². The summed E-state index contributed by atoms with van der Waals surface area (Å²) < 4.78 is 42.3. The van der Waals surface area contributed by atoms with Crippen molar-refractivity contribution in [3.63, 3.8) is 0 Å².